The lowest BCUT2D eigenvalue weighted by atomic mass is 10.0. The second-order valence-corrected chi connectivity index (χ2v) is 9.94. The van der Waals surface area contributed by atoms with Crippen molar-refractivity contribution in [2.45, 2.75) is 32.0 Å². The Kier molecular flexibility index (Phi) is 6.72. The Bertz CT molecular complexity index is 1250. The topological polar surface area (TPSA) is 98.2 Å². The number of benzene rings is 1. The highest BCUT2D eigenvalue weighted by Crippen LogP contribution is 2.46. The highest BCUT2D eigenvalue weighted by molar-refractivity contribution is 6.35. The molecule has 3 aliphatic heterocycles. The molecule has 2 amide bonds. The van der Waals surface area contributed by atoms with E-state index >= 15 is 0 Å². The first kappa shape index (κ1) is 25.3. The normalized spacial score (nSPS) is 23.6. The van der Waals surface area contributed by atoms with E-state index in [0.717, 1.165) is 0 Å². The number of halogens is 2. The maximum atomic E-state index is 15.0. The molecule has 196 valence electrons. The average molecular weight is 530 g/mol. The zero-order chi connectivity index (χ0) is 26.4. The lowest BCUT2D eigenvalue weighted by Crippen LogP contribution is -2.58. The lowest BCUT2D eigenvalue weighted by Gasteiger charge is -2.41. The summed E-state index contributed by atoms with van der Waals surface area (Å²) >= 11 is 6.77. The van der Waals surface area contributed by atoms with E-state index in [1.54, 1.807) is 9.80 Å². The first-order valence-corrected chi connectivity index (χ1v) is 12.7. The molecule has 2 N–H and O–H groups in total. The van der Waals surface area contributed by atoms with Crippen molar-refractivity contribution in [2.24, 2.45) is 0 Å². The first-order valence-electron chi connectivity index (χ1n) is 12.3. The van der Waals surface area contributed by atoms with Crippen molar-refractivity contribution >= 4 is 29.2 Å². The Hall–Kier alpha value is -3.37. The molecule has 1 aromatic heterocycles. The van der Waals surface area contributed by atoms with Crippen LogP contribution in [0.5, 0.6) is 11.5 Å². The molecule has 11 heteroatoms. The van der Waals surface area contributed by atoms with Crippen LogP contribution in [0.4, 0.5) is 10.2 Å². The van der Waals surface area contributed by atoms with E-state index in [1.165, 1.54) is 24.3 Å². The second-order valence-electron chi connectivity index (χ2n) is 9.56. The molecule has 1 aromatic carbocycles. The summed E-state index contributed by atoms with van der Waals surface area (Å²) in [6, 6.07) is 3.59. The van der Waals surface area contributed by atoms with Gasteiger partial charge < -0.3 is 29.9 Å². The number of carbonyl (C=O) groups excluding carboxylic acids is 2. The summed E-state index contributed by atoms with van der Waals surface area (Å²) in [4.78, 5) is 36.3. The van der Waals surface area contributed by atoms with E-state index < -0.39 is 11.9 Å². The van der Waals surface area contributed by atoms with Crippen LogP contribution in [-0.2, 0) is 4.79 Å². The zero-order valence-electron chi connectivity index (χ0n) is 20.7. The SMILES string of the molecule is C=CC(=O)N1CCN2C(=O)c3c(N4CCNC(C)C4C)nc(-c4c(O)cccc4F)c(Cl)c3OC[C@H]2C1. The van der Waals surface area contributed by atoms with Gasteiger partial charge in [-0.25, -0.2) is 9.37 Å². The van der Waals surface area contributed by atoms with Crippen molar-refractivity contribution in [3.63, 3.8) is 0 Å². The molecule has 0 aliphatic carbocycles. The van der Waals surface area contributed by atoms with Crippen LogP contribution >= 0.6 is 11.6 Å². The molecule has 3 aliphatic rings. The third kappa shape index (κ3) is 4.27. The van der Waals surface area contributed by atoms with Crippen LogP contribution in [0.3, 0.4) is 0 Å². The van der Waals surface area contributed by atoms with Gasteiger partial charge in [0, 0.05) is 44.8 Å². The molecule has 5 rings (SSSR count). The number of nitrogens with one attached hydrogen (secondary N) is 1. The van der Waals surface area contributed by atoms with Crippen molar-refractivity contribution in [2.75, 3.05) is 44.2 Å². The minimum atomic E-state index is -0.696. The fourth-order valence-corrected chi connectivity index (χ4v) is 5.54. The number of amides is 2. The molecule has 9 nitrogen and oxygen atoms in total. The maximum Gasteiger partial charge on any atom is 0.261 e. The van der Waals surface area contributed by atoms with Crippen LogP contribution in [0, 0.1) is 5.82 Å². The zero-order valence-corrected chi connectivity index (χ0v) is 21.5. The second kappa shape index (κ2) is 9.83. The number of carbonyl (C=O) groups is 2. The van der Waals surface area contributed by atoms with Gasteiger partial charge in [-0.1, -0.05) is 24.2 Å². The molecule has 2 aromatic rings. The van der Waals surface area contributed by atoms with Gasteiger partial charge in [0.05, 0.1) is 11.6 Å². The van der Waals surface area contributed by atoms with Crippen molar-refractivity contribution in [3.8, 4) is 22.8 Å². The van der Waals surface area contributed by atoms with Gasteiger partial charge in [-0.05, 0) is 32.1 Å². The summed E-state index contributed by atoms with van der Waals surface area (Å²) in [5.74, 6) is -1.11. The fraction of sp³-hybridized carbons (Fsp3) is 0.423. The number of fused-ring (bicyclic) bond motifs is 2. The summed E-state index contributed by atoms with van der Waals surface area (Å²) in [5.41, 5.74) is 0.0465. The van der Waals surface area contributed by atoms with Crippen LogP contribution in [0.15, 0.2) is 30.9 Å². The maximum absolute atomic E-state index is 15.0. The Morgan fingerprint density at radius 2 is 2.05 bits per heavy atom. The predicted octanol–water partition coefficient (Wildman–Crippen LogP) is 2.66. The number of hydrogen-bond donors (Lipinski definition) is 2. The van der Waals surface area contributed by atoms with Gasteiger partial charge in [0.1, 0.15) is 40.3 Å². The van der Waals surface area contributed by atoms with E-state index in [-0.39, 0.29) is 70.4 Å². The summed E-state index contributed by atoms with van der Waals surface area (Å²) in [6.45, 7) is 9.86. The van der Waals surface area contributed by atoms with Gasteiger partial charge in [0.25, 0.3) is 5.91 Å². The van der Waals surface area contributed by atoms with Gasteiger partial charge in [0.15, 0.2) is 5.75 Å². The number of piperazine rings is 2. The summed E-state index contributed by atoms with van der Waals surface area (Å²) < 4.78 is 21.1. The number of aromatic nitrogens is 1. The van der Waals surface area contributed by atoms with Gasteiger partial charge in [-0.15, -0.1) is 0 Å². The lowest BCUT2D eigenvalue weighted by molar-refractivity contribution is -0.128. The number of ether oxygens (including phenoxy) is 1. The molecular weight excluding hydrogens is 501 g/mol. The smallest absolute Gasteiger partial charge is 0.261 e. The Morgan fingerprint density at radius 1 is 1.27 bits per heavy atom. The molecule has 0 bridgehead atoms. The van der Waals surface area contributed by atoms with E-state index in [9.17, 15) is 19.1 Å². The Balaban J connectivity index is 1.68. The third-order valence-electron chi connectivity index (χ3n) is 7.47. The van der Waals surface area contributed by atoms with Crippen LogP contribution < -0.4 is 15.0 Å². The van der Waals surface area contributed by atoms with Crippen molar-refractivity contribution in [1.29, 1.82) is 0 Å². The first-order chi connectivity index (χ1) is 17.7. The van der Waals surface area contributed by atoms with Crippen LogP contribution in [0.2, 0.25) is 5.02 Å². The molecular formula is C26H29ClFN5O4. The number of nitrogens with zero attached hydrogens (tertiary/aromatic N) is 4. The third-order valence-corrected chi connectivity index (χ3v) is 7.82. The standard InChI is InChI=1S/C26H29ClFN5O4/c1-4-19(35)31-10-11-33-16(12-31)13-37-24-21(26(33)36)25(32-9-8-29-14(2)15(32)3)30-23(22(24)27)20-17(28)6-5-7-18(20)34/h4-7,14-16,29,34H,1,8-13H2,2-3H3/t14?,15?,16-/m1/s1. The number of phenols is 1. The molecule has 0 radical (unpaired) electrons. The minimum absolute atomic E-state index is 0.000496. The molecule has 37 heavy (non-hydrogen) atoms. The molecule has 3 atom stereocenters. The van der Waals surface area contributed by atoms with Crippen LogP contribution in [0.25, 0.3) is 11.3 Å². The Morgan fingerprint density at radius 3 is 2.78 bits per heavy atom. The number of phenolic OH excluding ortho intramolecular Hbond substituents is 1. The summed E-state index contributed by atoms with van der Waals surface area (Å²) in [7, 11) is 0. The highest BCUT2D eigenvalue weighted by Gasteiger charge is 2.42. The van der Waals surface area contributed by atoms with Crippen LogP contribution in [0.1, 0.15) is 24.2 Å². The molecule has 2 unspecified atom stereocenters. The minimum Gasteiger partial charge on any atom is -0.507 e. The van der Waals surface area contributed by atoms with Gasteiger partial charge in [0.2, 0.25) is 5.91 Å². The molecule has 4 heterocycles. The number of pyridine rings is 1. The van der Waals surface area contributed by atoms with Crippen LogP contribution in [-0.4, -0.2) is 89.2 Å². The number of aromatic hydroxyl groups is 1. The average Bonchev–Trinajstić information content (AvgIpc) is 3.03. The van der Waals surface area contributed by atoms with E-state index in [2.05, 4.69) is 11.9 Å². The van der Waals surface area contributed by atoms with Gasteiger partial charge >= 0.3 is 0 Å². The van der Waals surface area contributed by atoms with Crippen molar-refractivity contribution in [1.82, 2.24) is 20.1 Å². The number of anilines is 1. The van der Waals surface area contributed by atoms with Gasteiger partial charge in [-0.3, -0.25) is 9.59 Å². The number of hydrogen-bond acceptors (Lipinski definition) is 7. The number of rotatable bonds is 3. The van der Waals surface area contributed by atoms with Gasteiger partial charge in [-0.2, -0.15) is 0 Å². The molecule has 2 fully saturated rings. The largest absolute Gasteiger partial charge is 0.507 e. The predicted molar refractivity (Wildman–Crippen MR) is 138 cm³/mol. The molecule has 0 saturated carbocycles. The van der Waals surface area contributed by atoms with E-state index in [0.29, 0.717) is 32.0 Å². The highest BCUT2D eigenvalue weighted by atomic mass is 35.5. The molecule has 0 spiro atoms. The van der Waals surface area contributed by atoms with E-state index in [4.69, 9.17) is 21.3 Å². The quantitative estimate of drug-likeness (QED) is 0.590. The fourth-order valence-electron chi connectivity index (χ4n) is 5.25. The Labute approximate surface area is 219 Å². The van der Waals surface area contributed by atoms with Crippen molar-refractivity contribution < 1.29 is 23.8 Å². The summed E-state index contributed by atoms with van der Waals surface area (Å²) in [6.07, 6.45) is 1.25. The summed E-state index contributed by atoms with van der Waals surface area (Å²) in [5, 5.41) is 13.9. The monoisotopic (exact) mass is 529 g/mol. The van der Waals surface area contributed by atoms with E-state index in [1.807, 2.05) is 18.7 Å². The molecule has 2 saturated heterocycles. The van der Waals surface area contributed by atoms with Crippen molar-refractivity contribution in [3.05, 3.63) is 47.3 Å².